The van der Waals surface area contributed by atoms with Crippen LogP contribution in [0, 0.1) is 5.41 Å². The molecule has 2 amide bonds. The highest BCUT2D eigenvalue weighted by molar-refractivity contribution is 5.85. The van der Waals surface area contributed by atoms with Crippen molar-refractivity contribution in [3.05, 3.63) is 0 Å². The lowest BCUT2D eigenvalue weighted by Gasteiger charge is -2.31. The molecule has 0 aromatic heterocycles. The number of carbonyl (C=O) groups is 2. The first-order valence-corrected chi connectivity index (χ1v) is 6.96. The lowest BCUT2D eigenvalue weighted by molar-refractivity contribution is -0.128. The van der Waals surface area contributed by atoms with Crippen molar-refractivity contribution in [1.29, 1.82) is 0 Å². The summed E-state index contributed by atoms with van der Waals surface area (Å²) in [5, 5.41) is 5.56. The third kappa shape index (κ3) is 7.15. The highest BCUT2D eigenvalue weighted by atomic mass is 16.2. The summed E-state index contributed by atoms with van der Waals surface area (Å²) in [5.41, 5.74) is 5.28. The molecule has 0 aliphatic carbocycles. The van der Waals surface area contributed by atoms with Crippen LogP contribution in [-0.2, 0) is 9.59 Å². The van der Waals surface area contributed by atoms with Gasteiger partial charge in [0.2, 0.25) is 11.8 Å². The molecule has 5 heteroatoms. The molecule has 0 rings (SSSR count). The van der Waals surface area contributed by atoms with Gasteiger partial charge in [-0.05, 0) is 18.3 Å². The van der Waals surface area contributed by atoms with Crippen molar-refractivity contribution in [2.75, 3.05) is 13.1 Å². The minimum atomic E-state index is -0.355. The summed E-state index contributed by atoms with van der Waals surface area (Å²) < 4.78 is 0. The Morgan fingerprint density at radius 2 is 1.58 bits per heavy atom. The van der Waals surface area contributed by atoms with Gasteiger partial charge in [-0.3, -0.25) is 9.59 Å². The van der Waals surface area contributed by atoms with Crippen LogP contribution in [0.2, 0.25) is 0 Å². The summed E-state index contributed by atoms with van der Waals surface area (Å²) >= 11 is 0. The SMILES string of the molecule is CCC(CC)(CN)NC(=O)CNC(=O)CC(C)(C)C. The third-order valence-corrected chi connectivity index (χ3v) is 3.29. The first kappa shape index (κ1) is 17.9. The molecule has 0 saturated carbocycles. The van der Waals surface area contributed by atoms with E-state index in [0.29, 0.717) is 13.0 Å². The van der Waals surface area contributed by atoms with Crippen molar-refractivity contribution in [2.45, 2.75) is 59.4 Å². The van der Waals surface area contributed by atoms with E-state index in [9.17, 15) is 9.59 Å². The number of nitrogens with one attached hydrogen (secondary N) is 2. The molecule has 0 atom stereocenters. The first-order chi connectivity index (χ1) is 8.68. The molecular formula is C14H29N3O2. The fraction of sp³-hybridized carbons (Fsp3) is 0.857. The molecule has 0 radical (unpaired) electrons. The van der Waals surface area contributed by atoms with Crippen molar-refractivity contribution in [3.63, 3.8) is 0 Å². The lowest BCUT2D eigenvalue weighted by atomic mass is 9.92. The molecule has 0 heterocycles. The number of hydrogen-bond acceptors (Lipinski definition) is 3. The standard InChI is InChI=1S/C14H29N3O2/c1-6-14(7-2,10-15)17-12(19)9-16-11(18)8-13(3,4)5/h6-10,15H2,1-5H3,(H,16,18)(H,17,19). The summed E-state index contributed by atoms with van der Waals surface area (Å²) in [6.07, 6.45) is 1.97. The maximum Gasteiger partial charge on any atom is 0.239 e. The van der Waals surface area contributed by atoms with Crippen LogP contribution in [0.15, 0.2) is 0 Å². The van der Waals surface area contributed by atoms with E-state index in [0.717, 1.165) is 12.8 Å². The Bertz CT molecular complexity index is 296. The summed E-state index contributed by atoms with van der Waals surface area (Å²) in [4.78, 5) is 23.4. The largest absolute Gasteiger partial charge is 0.348 e. The van der Waals surface area contributed by atoms with E-state index in [1.165, 1.54) is 0 Å². The van der Waals surface area contributed by atoms with Gasteiger partial charge in [0.15, 0.2) is 0 Å². The van der Waals surface area contributed by atoms with E-state index in [1.807, 2.05) is 34.6 Å². The second-order valence-corrected chi connectivity index (χ2v) is 6.25. The third-order valence-electron chi connectivity index (χ3n) is 3.29. The Morgan fingerprint density at radius 1 is 1.05 bits per heavy atom. The molecule has 4 N–H and O–H groups in total. The molecule has 0 aliphatic heterocycles. The quantitative estimate of drug-likeness (QED) is 0.650. The molecule has 0 aliphatic rings. The Morgan fingerprint density at radius 3 is 1.95 bits per heavy atom. The number of nitrogens with two attached hydrogens (primary N) is 1. The van der Waals surface area contributed by atoms with Gasteiger partial charge in [-0.2, -0.15) is 0 Å². The maximum absolute atomic E-state index is 11.8. The summed E-state index contributed by atoms with van der Waals surface area (Å²) in [6.45, 7) is 10.4. The fourth-order valence-electron chi connectivity index (χ4n) is 1.83. The van der Waals surface area contributed by atoms with Crippen molar-refractivity contribution >= 4 is 11.8 Å². The highest BCUT2D eigenvalue weighted by Gasteiger charge is 2.26. The number of carbonyl (C=O) groups excluding carboxylic acids is 2. The van der Waals surface area contributed by atoms with Gasteiger partial charge in [0.05, 0.1) is 12.1 Å². The molecule has 0 fully saturated rings. The van der Waals surface area contributed by atoms with Crippen LogP contribution in [0.1, 0.15) is 53.9 Å². The van der Waals surface area contributed by atoms with Gasteiger partial charge in [-0.25, -0.2) is 0 Å². The molecule has 19 heavy (non-hydrogen) atoms. The minimum Gasteiger partial charge on any atom is -0.348 e. The summed E-state index contributed by atoms with van der Waals surface area (Å²) in [7, 11) is 0. The molecule has 0 bridgehead atoms. The van der Waals surface area contributed by atoms with Crippen LogP contribution in [0.25, 0.3) is 0 Å². The Kier molecular flexibility index (Phi) is 7.05. The van der Waals surface area contributed by atoms with E-state index in [4.69, 9.17) is 5.73 Å². The molecular weight excluding hydrogens is 242 g/mol. The molecule has 0 unspecified atom stereocenters. The van der Waals surface area contributed by atoms with Crippen LogP contribution in [0.5, 0.6) is 0 Å². The minimum absolute atomic E-state index is 0.0106. The van der Waals surface area contributed by atoms with Crippen LogP contribution in [0.4, 0.5) is 0 Å². The van der Waals surface area contributed by atoms with Crippen LogP contribution in [0.3, 0.4) is 0 Å². The fourth-order valence-corrected chi connectivity index (χ4v) is 1.83. The van der Waals surface area contributed by atoms with Gasteiger partial charge in [0.1, 0.15) is 0 Å². The molecule has 112 valence electrons. The maximum atomic E-state index is 11.8. The van der Waals surface area contributed by atoms with Gasteiger partial charge >= 0.3 is 0 Å². The van der Waals surface area contributed by atoms with Crippen LogP contribution >= 0.6 is 0 Å². The monoisotopic (exact) mass is 271 g/mol. The van der Waals surface area contributed by atoms with Gasteiger partial charge < -0.3 is 16.4 Å². The average Bonchev–Trinajstić information content (AvgIpc) is 2.31. The predicted octanol–water partition coefficient (Wildman–Crippen LogP) is 1.17. The lowest BCUT2D eigenvalue weighted by Crippen LogP contribution is -2.55. The topological polar surface area (TPSA) is 84.2 Å². The van der Waals surface area contributed by atoms with Gasteiger partial charge in [0, 0.05) is 13.0 Å². The Hall–Kier alpha value is -1.10. The zero-order valence-electron chi connectivity index (χ0n) is 12.9. The van der Waals surface area contributed by atoms with Gasteiger partial charge in [-0.15, -0.1) is 0 Å². The van der Waals surface area contributed by atoms with Crippen molar-refractivity contribution in [2.24, 2.45) is 11.1 Å². The summed E-state index contributed by atoms with van der Waals surface area (Å²) in [6, 6.07) is 0. The predicted molar refractivity (Wildman–Crippen MR) is 77.6 cm³/mol. The molecule has 0 aromatic carbocycles. The second kappa shape index (κ2) is 7.48. The molecule has 0 spiro atoms. The highest BCUT2D eigenvalue weighted by Crippen LogP contribution is 2.17. The molecule has 0 saturated heterocycles. The normalized spacial score (nSPS) is 12.1. The van der Waals surface area contributed by atoms with E-state index >= 15 is 0 Å². The Balaban J connectivity index is 4.22. The van der Waals surface area contributed by atoms with Gasteiger partial charge in [0.25, 0.3) is 0 Å². The van der Waals surface area contributed by atoms with Crippen molar-refractivity contribution in [1.82, 2.24) is 10.6 Å². The van der Waals surface area contributed by atoms with Crippen LogP contribution in [-0.4, -0.2) is 30.4 Å². The number of amides is 2. The molecule has 5 nitrogen and oxygen atoms in total. The van der Waals surface area contributed by atoms with Crippen molar-refractivity contribution < 1.29 is 9.59 Å². The number of hydrogen-bond donors (Lipinski definition) is 3. The second-order valence-electron chi connectivity index (χ2n) is 6.25. The zero-order valence-corrected chi connectivity index (χ0v) is 12.9. The zero-order chi connectivity index (χ0) is 15.1. The van der Waals surface area contributed by atoms with Crippen LogP contribution < -0.4 is 16.4 Å². The average molecular weight is 271 g/mol. The van der Waals surface area contributed by atoms with Crippen molar-refractivity contribution in [3.8, 4) is 0 Å². The number of rotatable bonds is 7. The van der Waals surface area contributed by atoms with E-state index in [2.05, 4.69) is 10.6 Å². The van der Waals surface area contributed by atoms with Gasteiger partial charge in [-0.1, -0.05) is 34.6 Å². The smallest absolute Gasteiger partial charge is 0.239 e. The van der Waals surface area contributed by atoms with E-state index < -0.39 is 0 Å². The van der Waals surface area contributed by atoms with E-state index in [-0.39, 0.29) is 29.3 Å². The first-order valence-electron chi connectivity index (χ1n) is 6.96. The Labute approximate surface area is 116 Å². The van der Waals surface area contributed by atoms with E-state index in [1.54, 1.807) is 0 Å². The summed E-state index contributed by atoms with van der Waals surface area (Å²) in [5.74, 6) is -0.287. The molecule has 0 aromatic rings.